The van der Waals surface area contributed by atoms with Crippen molar-refractivity contribution in [1.29, 1.82) is 10.5 Å². The number of benzene rings is 4. The molecule has 44 heavy (non-hydrogen) atoms. The van der Waals surface area contributed by atoms with E-state index in [4.69, 9.17) is 0 Å². The maximum atomic E-state index is 14.7. The minimum Gasteiger partial charge on any atom is -0.304 e. The number of hydrogen-bond donors (Lipinski definition) is 2. The summed E-state index contributed by atoms with van der Waals surface area (Å²) in [5, 5.41) is 19.3. The number of carbonyl (C=O) groups is 1. The monoisotopic (exact) mass is 610 g/mol. The Kier molecular flexibility index (Phi) is 7.30. The van der Waals surface area contributed by atoms with Crippen LogP contribution in [0.5, 0.6) is 0 Å². The normalized spacial score (nSPS) is 20.0. The fourth-order valence-electron chi connectivity index (χ4n) is 6.99. The van der Waals surface area contributed by atoms with E-state index in [0.717, 1.165) is 37.8 Å². The lowest BCUT2D eigenvalue weighted by Crippen LogP contribution is -2.40. The summed E-state index contributed by atoms with van der Waals surface area (Å²) in [6.07, 6.45) is 3.85. The molecule has 0 amide bonds. The molecule has 0 saturated heterocycles. The molecule has 2 aliphatic carbocycles. The third-order valence-corrected chi connectivity index (χ3v) is 11.3. The molecule has 0 aromatic heterocycles. The molecule has 3 atom stereocenters. The van der Waals surface area contributed by atoms with Crippen LogP contribution in [0.25, 0.3) is 22.3 Å². The predicted molar refractivity (Wildman–Crippen MR) is 162 cm³/mol. The fraction of sp³-hybridized carbons (Fsp3) is 0.229. The first-order valence-corrected chi connectivity index (χ1v) is 16.3. The first kappa shape index (κ1) is 29.5. The van der Waals surface area contributed by atoms with Crippen molar-refractivity contribution >= 4 is 15.4 Å². The SMILES string of the molecule is N#Cc1c(F)cccc1-c1ccc(-c2cccc(F)c2C#N)c(C(=O)c2cccc(S(=O)(O)(O)CC3CC4CCC3C4)c2)c1. The van der Waals surface area contributed by atoms with Crippen molar-refractivity contribution in [2.24, 2.45) is 17.8 Å². The Bertz CT molecular complexity index is 1990. The van der Waals surface area contributed by atoms with Gasteiger partial charge in [0.15, 0.2) is 5.78 Å². The Morgan fingerprint density at radius 2 is 1.48 bits per heavy atom. The topological polar surface area (TPSA) is 122 Å². The summed E-state index contributed by atoms with van der Waals surface area (Å²) in [7, 11) is -5.31. The van der Waals surface area contributed by atoms with Gasteiger partial charge in [-0.05, 0) is 78.5 Å². The van der Waals surface area contributed by atoms with E-state index in [2.05, 4.69) is 0 Å². The zero-order valence-corrected chi connectivity index (χ0v) is 24.4. The van der Waals surface area contributed by atoms with Gasteiger partial charge in [0.05, 0.1) is 21.8 Å². The highest BCUT2D eigenvalue weighted by atomic mass is 32.3. The molecule has 0 heterocycles. The van der Waals surface area contributed by atoms with Crippen LogP contribution in [0.2, 0.25) is 0 Å². The molecule has 4 aromatic carbocycles. The number of hydrogen-bond acceptors (Lipinski definition) is 4. The van der Waals surface area contributed by atoms with Gasteiger partial charge in [-0.1, -0.05) is 55.0 Å². The Morgan fingerprint density at radius 3 is 2.11 bits per heavy atom. The van der Waals surface area contributed by atoms with Gasteiger partial charge in [0.2, 0.25) is 0 Å². The largest absolute Gasteiger partial charge is 0.304 e. The van der Waals surface area contributed by atoms with Crippen LogP contribution in [0.15, 0.2) is 83.8 Å². The van der Waals surface area contributed by atoms with Gasteiger partial charge in [-0.25, -0.2) is 13.0 Å². The maximum Gasteiger partial charge on any atom is 0.193 e. The molecule has 6 rings (SSSR count). The molecule has 2 N–H and O–H groups in total. The van der Waals surface area contributed by atoms with Gasteiger partial charge in [-0.3, -0.25) is 4.79 Å². The van der Waals surface area contributed by atoms with Crippen LogP contribution < -0.4 is 0 Å². The zero-order valence-electron chi connectivity index (χ0n) is 23.5. The van der Waals surface area contributed by atoms with E-state index in [-0.39, 0.29) is 55.5 Å². The fourth-order valence-corrected chi connectivity index (χ4v) is 9.07. The first-order valence-electron chi connectivity index (χ1n) is 14.3. The molecule has 4 aromatic rings. The van der Waals surface area contributed by atoms with Crippen LogP contribution in [0.3, 0.4) is 0 Å². The summed E-state index contributed by atoms with van der Waals surface area (Å²) in [5.41, 5.74) is 0.333. The van der Waals surface area contributed by atoms with Crippen LogP contribution in [0.4, 0.5) is 8.78 Å². The Balaban J connectivity index is 1.47. The number of nitriles is 2. The molecule has 2 fully saturated rings. The minimum atomic E-state index is -5.31. The second-order valence-corrected chi connectivity index (χ2v) is 14.6. The Hall–Kier alpha value is -4.54. The molecule has 2 saturated carbocycles. The zero-order chi connectivity index (χ0) is 31.2. The third-order valence-electron chi connectivity index (χ3n) is 9.09. The quantitative estimate of drug-likeness (QED) is 0.206. The van der Waals surface area contributed by atoms with Crippen molar-refractivity contribution in [1.82, 2.24) is 0 Å². The van der Waals surface area contributed by atoms with Crippen LogP contribution in [-0.4, -0.2) is 24.9 Å². The molecule has 2 aliphatic rings. The highest BCUT2D eigenvalue weighted by Crippen LogP contribution is 2.51. The second-order valence-electron chi connectivity index (χ2n) is 11.8. The van der Waals surface area contributed by atoms with E-state index >= 15 is 0 Å². The third kappa shape index (κ3) is 5.24. The summed E-state index contributed by atoms with van der Waals surface area (Å²) in [6, 6.07) is 21.6. The van der Waals surface area contributed by atoms with Gasteiger partial charge in [-0.2, -0.15) is 10.5 Å². The smallest absolute Gasteiger partial charge is 0.193 e. The molecule has 3 unspecified atom stereocenters. The van der Waals surface area contributed by atoms with Gasteiger partial charge in [0.1, 0.15) is 33.4 Å². The number of rotatable bonds is 7. The maximum absolute atomic E-state index is 14.7. The van der Waals surface area contributed by atoms with Crippen LogP contribution in [0, 0.1) is 52.1 Å². The molecule has 222 valence electrons. The van der Waals surface area contributed by atoms with Crippen molar-refractivity contribution in [3.63, 3.8) is 0 Å². The van der Waals surface area contributed by atoms with Crippen molar-refractivity contribution in [2.75, 3.05) is 5.75 Å². The highest BCUT2D eigenvalue weighted by Gasteiger charge is 2.46. The van der Waals surface area contributed by atoms with Gasteiger partial charge in [0.25, 0.3) is 0 Å². The summed E-state index contributed by atoms with van der Waals surface area (Å²) in [5.74, 6) is -1.77. The van der Waals surface area contributed by atoms with Crippen molar-refractivity contribution in [2.45, 2.75) is 30.6 Å². The van der Waals surface area contributed by atoms with E-state index < -0.39 is 27.0 Å². The molecule has 9 heteroatoms. The molecule has 0 radical (unpaired) electrons. The van der Waals surface area contributed by atoms with E-state index in [1.54, 1.807) is 6.07 Å². The van der Waals surface area contributed by atoms with Gasteiger partial charge in [-0.15, -0.1) is 0 Å². The van der Waals surface area contributed by atoms with E-state index in [0.29, 0.717) is 17.4 Å². The Morgan fingerprint density at radius 1 is 0.818 bits per heavy atom. The van der Waals surface area contributed by atoms with Gasteiger partial charge in [0, 0.05) is 22.3 Å². The summed E-state index contributed by atoms with van der Waals surface area (Å²) in [6.45, 7) is 0. The molecule has 0 spiro atoms. The molecular formula is C35H28F2N2O4S. The van der Waals surface area contributed by atoms with Crippen molar-refractivity contribution in [3.05, 3.63) is 113 Å². The van der Waals surface area contributed by atoms with Gasteiger partial charge < -0.3 is 9.11 Å². The summed E-state index contributed by atoms with van der Waals surface area (Å²) < 4.78 is 65.2. The molecule has 2 bridgehead atoms. The van der Waals surface area contributed by atoms with Crippen molar-refractivity contribution < 1.29 is 26.9 Å². The number of ketones is 1. The van der Waals surface area contributed by atoms with Gasteiger partial charge >= 0.3 is 0 Å². The molecule has 6 nitrogen and oxygen atoms in total. The number of fused-ring (bicyclic) bond motifs is 2. The predicted octanol–water partition coefficient (Wildman–Crippen LogP) is 7.83. The van der Waals surface area contributed by atoms with Crippen LogP contribution in [-0.2, 0) is 9.63 Å². The van der Waals surface area contributed by atoms with Crippen molar-refractivity contribution in [3.8, 4) is 34.4 Å². The number of carbonyl (C=O) groups excluding carboxylic acids is 1. The van der Waals surface area contributed by atoms with E-state index in [1.807, 2.05) is 12.1 Å². The average molecular weight is 611 g/mol. The summed E-state index contributed by atoms with van der Waals surface area (Å²) >= 11 is 0. The summed E-state index contributed by atoms with van der Waals surface area (Å²) in [4.78, 5) is 13.9. The molecular weight excluding hydrogens is 582 g/mol. The number of halogens is 2. The second kappa shape index (κ2) is 10.9. The number of nitrogens with zero attached hydrogens (tertiary/aromatic N) is 2. The average Bonchev–Trinajstić information content (AvgIpc) is 3.63. The van der Waals surface area contributed by atoms with E-state index in [1.165, 1.54) is 60.7 Å². The first-order chi connectivity index (χ1) is 21.0. The lowest BCUT2D eigenvalue weighted by molar-refractivity contribution is 0.103. The standard InChI is InChI=1S/C35H28F2N2O4S/c36-33-8-2-6-27(31(33)18-38)23-12-13-29(28-7-3-9-34(37)32(28)19-39)30(17-23)35(40)24-4-1-5-26(16-24)44(41,42,43)20-25-15-21-10-11-22(25)14-21/h1-9,12-13,16-17,21-22,25H,10-11,14-15,20H2,(H2,41,42,43). The van der Waals surface area contributed by atoms with Crippen LogP contribution in [0.1, 0.15) is 52.7 Å². The highest BCUT2D eigenvalue weighted by molar-refractivity contribution is 8.10. The lowest BCUT2D eigenvalue weighted by Gasteiger charge is -2.36. The van der Waals surface area contributed by atoms with Crippen LogP contribution >= 0.6 is 0 Å². The molecule has 0 aliphatic heterocycles. The lowest BCUT2D eigenvalue weighted by atomic mass is 9.88. The minimum absolute atomic E-state index is 0.0116. The van der Waals surface area contributed by atoms with E-state index in [9.17, 15) is 37.4 Å². The Labute approximate surface area is 253 Å².